The summed E-state index contributed by atoms with van der Waals surface area (Å²) in [6.07, 6.45) is 27.1. The number of allylic oxidation sites excluding steroid dienone is 6. The summed E-state index contributed by atoms with van der Waals surface area (Å²) in [4.78, 5) is 2.83. The van der Waals surface area contributed by atoms with Crippen LogP contribution in [-0.4, -0.2) is 12.1 Å². The summed E-state index contributed by atoms with van der Waals surface area (Å²) in [5.74, 6) is 1.54. The Morgan fingerprint density at radius 3 is 2.28 bits per heavy atom. The molecule has 2 fully saturated rings. The van der Waals surface area contributed by atoms with E-state index in [4.69, 9.17) is 0 Å². The van der Waals surface area contributed by atoms with Crippen molar-refractivity contribution in [2.45, 2.75) is 110 Å². The molecule has 43 heavy (non-hydrogen) atoms. The van der Waals surface area contributed by atoms with Crippen LogP contribution in [-0.2, 0) is 6.42 Å². The Bertz CT molecular complexity index is 1390. The molecule has 5 rings (SSSR count). The van der Waals surface area contributed by atoms with E-state index in [9.17, 15) is 0 Å². The third-order valence-corrected chi connectivity index (χ3v) is 10.3. The molecule has 0 atom stereocenters. The van der Waals surface area contributed by atoms with Crippen molar-refractivity contribution in [3.8, 4) is 0 Å². The Kier molecular flexibility index (Phi) is 11.0. The van der Waals surface area contributed by atoms with Crippen molar-refractivity contribution in [1.82, 2.24) is 0 Å². The van der Waals surface area contributed by atoms with Gasteiger partial charge in [0.25, 0.3) is 0 Å². The second kappa shape index (κ2) is 15.1. The molecule has 1 nitrogen and oxygen atoms in total. The van der Waals surface area contributed by atoms with Gasteiger partial charge in [-0.15, -0.1) is 0 Å². The lowest BCUT2D eigenvalue weighted by molar-refractivity contribution is 0.226. The summed E-state index contributed by atoms with van der Waals surface area (Å²) in [5, 5.41) is 2.80. The highest BCUT2D eigenvalue weighted by atomic mass is 15.2. The molecule has 2 aliphatic carbocycles. The molecule has 1 heteroatoms. The monoisotopic (exact) mass is 573 g/mol. The van der Waals surface area contributed by atoms with Gasteiger partial charge in [-0.25, -0.2) is 0 Å². The average molecular weight is 574 g/mol. The highest BCUT2D eigenvalue weighted by Gasteiger charge is 2.39. The fourth-order valence-corrected chi connectivity index (χ4v) is 7.91. The van der Waals surface area contributed by atoms with Gasteiger partial charge in [0.05, 0.1) is 0 Å². The van der Waals surface area contributed by atoms with Crippen LogP contribution in [0.3, 0.4) is 0 Å². The molecule has 2 aliphatic rings. The van der Waals surface area contributed by atoms with Gasteiger partial charge in [-0.1, -0.05) is 130 Å². The summed E-state index contributed by atoms with van der Waals surface area (Å²) in [5.41, 5.74) is 7.12. The highest BCUT2D eigenvalue weighted by molar-refractivity contribution is 5.86. The summed E-state index contributed by atoms with van der Waals surface area (Å²) in [6, 6.07) is 23.6. The number of benzene rings is 3. The van der Waals surface area contributed by atoms with Crippen LogP contribution in [0.5, 0.6) is 0 Å². The van der Waals surface area contributed by atoms with Crippen molar-refractivity contribution in [1.29, 1.82) is 0 Å². The van der Waals surface area contributed by atoms with Crippen LogP contribution in [0, 0.1) is 18.8 Å². The normalized spacial score (nSPS) is 21.9. The first-order valence-corrected chi connectivity index (χ1v) is 17.4. The van der Waals surface area contributed by atoms with Gasteiger partial charge in [-0.3, -0.25) is 0 Å². The third kappa shape index (κ3) is 7.91. The van der Waals surface area contributed by atoms with Gasteiger partial charge >= 0.3 is 0 Å². The lowest BCUT2D eigenvalue weighted by Gasteiger charge is -2.49. The quantitative estimate of drug-likeness (QED) is 0.195. The lowest BCUT2D eigenvalue weighted by atomic mass is 9.72. The van der Waals surface area contributed by atoms with Gasteiger partial charge in [-0.2, -0.15) is 0 Å². The topological polar surface area (TPSA) is 3.24 Å². The zero-order chi connectivity index (χ0) is 30.1. The number of nitrogens with zero attached hydrogens (tertiary/aromatic N) is 1. The van der Waals surface area contributed by atoms with Crippen LogP contribution in [0.15, 0.2) is 91.0 Å². The maximum Gasteiger partial charge on any atom is 0.0402 e. The Labute approximate surface area is 262 Å². The maximum absolute atomic E-state index is 2.83. The van der Waals surface area contributed by atoms with Crippen LogP contribution in [0.25, 0.3) is 16.3 Å². The molecule has 3 aromatic carbocycles. The molecule has 228 valence electrons. The molecule has 0 spiro atoms. The SMILES string of the molecule is C/C=C/C=C(\C=C/C1CCC(CCC)(N(CCC)c2ccc3cc(CC4CCCC4)ccc3c2)CC1)c1ccc(C)cc1. The van der Waals surface area contributed by atoms with E-state index in [1.807, 2.05) is 0 Å². The van der Waals surface area contributed by atoms with Crippen LogP contribution in [0.1, 0.15) is 108 Å². The number of hydrogen-bond acceptors (Lipinski definition) is 1. The first-order valence-electron chi connectivity index (χ1n) is 17.4. The molecular weight excluding hydrogens is 518 g/mol. The summed E-state index contributed by atoms with van der Waals surface area (Å²) in [7, 11) is 0. The summed E-state index contributed by atoms with van der Waals surface area (Å²) >= 11 is 0. The lowest BCUT2D eigenvalue weighted by Crippen LogP contribution is -2.51. The van der Waals surface area contributed by atoms with Crippen LogP contribution >= 0.6 is 0 Å². The zero-order valence-corrected chi connectivity index (χ0v) is 27.5. The molecule has 3 aromatic rings. The van der Waals surface area contributed by atoms with Crippen molar-refractivity contribution < 1.29 is 0 Å². The van der Waals surface area contributed by atoms with E-state index >= 15 is 0 Å². The van der Waals surface area contributed by atoms with Gasteiger partial charge in [0.15, 0.2) is 0 Å². The highest BCUT2D eigenvalue weighted by Crippen LogP contribution is 2.43. The summed E-state index contributed by atoms with van der Waals surface area (Å²) in [6.45, 7) is 10.1. The van der Waals surface area contributed by atoms with Gasteiger partial charge in [-0.05, 0) is 110 Å². The van der Waals surface area contributed by atoms with E-state index in [2.05, 4.69) is 124 Å². The molecule has 0 aliphatic heterocycles. The van der Waals surface area contributed by atoms with Crippen molar-refractivity contribution in [3.05, 3.63) is 108 Å². The second-order valence-corrected chi connectivity index (χ2v) is 13.6. The molecule has 0 radical (unpaired) electrons. The number of fused-ring (bicyclic) bond motifs is 1. The van der Waals surface area contributed by atoms with E-state index in [0.717, 1.165) is 12.5 Å². The Morgan fingerprint density at radius 1 is 0.860 bits per heavy atom. The van der Waals surface area contributed by atoms with Crippen LogP contribution in [0.2, 0.25) is 0 Å². The first kappa shape index (κ1) is 31.4. The zero-order valence-electron chi connectivity index (χ0n) is 27.5. The fraction of sp³-hybridized carbons (Fsp3) is 0.476. The Hall–Kier alpha value is -3.06. The van der Waals surface area contributed by atoms with E-state index in [1.54, 1.807) is 0 Å². The molecule has 0 heterocycles. The number of aryl methyl sites for hydroxylation is 1. The van der Waals surface area contributed by atoms with Crippen LogP contribution < -0.4 is 4.90 Å². The molecule has 0 unspecified atom stereocenters. The van der Waals surface area contributed by atoms with E-state index < -0.39 is 0 Å². The van der Waals surface area contributed by atoms with E-state index in [1.165, 1.54) is 116 Å². The van der Waals surface area contributed by atoms with Gasteiger partial charge in [0, 0.05) is 17.8 Å². The predicted molar refractivity (Wildman–Crippen MR) is 190 cm³/mol. The summed E-state index contributed by atoms with van der Waals surface area (Å²) < 4.78 is 0. The molecule has 0 aromatic heterocycles. The molecule has 0 bridgehead atoms. The van der Waals surface area contributed by atoms with Gasteiger partial charge in [0.1, 0.15) is 0 Å². The van der Waals surface area contributed by atoms with Crippen molar-refractivity contribution in [2.75, 3.05) is 11.4 Å². The fourth-order valence-electron chi connectivity index (χ4n) is 7.91. The van der Waals surface area contributed by atoms with Gasteiger partial charge < -0.3 is 4.90 Å². The van der Waals surface area contributed by atoms with Crippen LogP contribution in [0.4, 0.5) is 5.69 Å². The van der Waals surface area contributed by atoms with Crippen molar-refractivity contribution in [3.63, 3.8) is 0 Å². The van der Waals surface area contributed by atoms with Crippen molar-refractivity contribution in [2.24, 2.45) is 11.8 Å². The van der Waals surface area contributed by atoms with Crippen molar-refractivity contribution >= 4 is 22.0 Å². The standard InChI is InChI=1S/C42H55N/c1-5-8-13-37(38-18-14-33(4)15-19-38)20-16-34-24-27-42(26-6-2,28-25-34)43(29-7-3)41-23-22-39-31-36(17-21-40(39)32-41)30-35-11-9-10-12-35/h5,8,13-23,31-32,34-35H,6-7,9-12,24-30H2,1-4H3/b8-5+,20-16-,37-13+. The molecule has 0 amide bonds. The van der Waals surface area contributed by atoms with E-state index in [0.29, 0.717) is 5.92 Å². The first-order chi connectivity index (χ1) is 21.0. The molecule has 0 N–H and O–H groups in total. The molecular formula is C42H55N. The van der Waals surface area contributed by atoms with Gasteiger partial charge in [0.2, 0.25) is 0 Å². The second-order valence-electron chi connectivity index (χ2n) is 13.6. The number of anilines is 1. The maximum atomic E-state index is 2.83. The Balaban J connectivity index is 1.33. The van der Waals surface area contributed by atoms with E-state index in [-0.39, 0.29) is 5.54 Å². The minimum Gasteiger partial charge on any atom is -0.366 e. The smallest absolute Gasteiger partial charge is 0.0402 e. The minimum atomic E-state index is 0.256. The largest absolute Gasteiger partial charge is 0.366 e. The molecule has 2 saturated carbocycles. The minimum absolute atomic E-state index is 0.256. The Morgan fingerprint density at radius 2 is 1.58 bits per heavy atom. The average Bonchev–Trinajstić information content (AvgIpc) is 3.54. The number of rotatable bonds is 12. The third-order valence-electron chi connectivity index (χ3n) is 10.3. The molecule has 0 saturated heterocycles. The number of hydrogen-bond donors (Lipinski definition) is 0. The predicted octanol–water partition coefficient (Wildman–Crippen LogP) is 12.0.